The molecular weight excluding hydrogens is 274 g/mol. The maximum atomic E-state index is 4.80. The number of aliphatic imine (C=N–C) groups is 1. The molecule has 0 amide bonds. The lowest BCUT2D eigenvalue weighted by Gasteiger charge is -2.25. The summed E-state index contributed by atoms with van der Waals surface area (Å²) >= 11 is 3.63. The molecule has 1 aromatic rings. The third kappa shape index (κ3) is 3.31. The number of rotatable bonds is 5. The van der Waals surface area contributed by atoms with Crippen LogP contribution in [0.1, 0.15) is 56.5 Å². The van der Waals surface area contributed by atoms with Crippen LogP contribution in [0.4, 0.5) is 0 Å². The van der Waals surface area contributed by atoms with Gasteiger partial charge >= 0.3 is 0 Å². The van der Waals surface area contributed by atoms with Gasteiger partial charge in [0.15, 0.2) is 5.17 Å². The summed E-state index contributed by atoms with van der Waals surface area (Å²) in [6.45, 7) is 8.79. The average molecular weight is 297 g/mol. The number of nitrogens with one attached hydrogen (secondary N) is 1. The second-order valence-corrected chi connectivity index (χ2v) is 7.14. The Morgan fingerprint density at radius 2 is 2.16 bits per heavy atom. The molecule has 0 radical (unpaired) electrons. The Kier molecular flexibility index (Phi) is 4.90. The van der Waals surface area contributed by atoms with Crippen molar-refractivity contribution in [3.8, 4) is 0 Å². The topological polar surface area (TPSA) is 37.3 Å². The predicted molar refractivity (Wildman–Crippen MR) is 86.2 cm³/mol. The second-order valence-electron chi connectivity index (χ2n) is 5.03. The van der Waals surface area contributed by atoms with Crippen LogP contribution in [0.25, 0.3) is 0 Å². The Morgan fingerprint density at radius 1 is 1.42 bits per heavy atom. The van der Waals surface area contributed by atoms with E-state index in [9.17, 15) is 0 Å². The first-order valence-electron chi connectivity index (χ1n) is 7.05. The highest BCUT2D eigenvalue weighted by molar-refractivity contribution is 8.14. The molecule has 19 heavy (non-hydrogen) atoms. The molecule has 2 rings (SSSR count). The van der Waals surface area contributed by atoms with Crippen LogP contribution < -0.4 is 5.32 Å². The van der Waals surface area contributed by atoms with Crippen LogP contribution in [0.3, 0.4) is 0 Å². The van der Waals surface area contributed by atoms with Crippen LogP contribution in [-0.4, -0.2) is 21.4 Å². The highest BCUT2D eigenvalue weighted by Crippen LogP contribution is 2.31. The van der Waals surface area contributed by atoms with E-state index in [1.165, 1.54) is 4.88 Å². The molecule has 0 saturated carbocycles. The van der Waals surface area contributed by atoms with Gasteiger partial charge in [0.2, 0.25) is 0 Å². The molecule has 2 heterocycles. The Balaban J connectivity index is 2.06. The number of aromatic nitrogens is 1. The van der Waals surface area contributed by atoms with E-state index >= 15 is 0 Å². The molecule has 1 fully saturated rings. The van der Waals surface area contributed by atoms with Crippen molar-refractivity contribution in [2.45, 2.75) is 58.5 Å². The summed E-state index contributed by atoms with van der Waals surface area (Å²) in [5.74, 6) is 1.13. The van der Waals surface area contributed by atoms with Gasteiger partial charge < -0.3 is 5.32 Å². The molecule has 0 spiro atoms. The van der Waals surface area contributed by atoms with Crippen molar-refractivity contribution in [3.05, 3.63) is 16.1 Å². The SMILES string of the molecule is CCc1cnc(C(C)N=C2NC(CC)(CC)CS2)s1. The first-order valence-corrected chi connectivity index (χ1v) is 8.86. The van der Waals surface area contributed by atoms with Crippen LogP contribution in [0.5, 0.6) is 0 Å². The lowest BCUT2D eigenvalue weighted by molar-refractivity contribution is 0.407. The third-order valence-corrected chi connectivity index (χ3v) is 6.29. The van der Waals surface area contributed by atoms with E-state index < -0.39 is 0 Å². The molecule has 3 nitrogen and oxygen atoms in total. The lowest BCUT2D eigenvalue weighted by Crippen LogP contribution is -2.42. The van der Waals surface area contributed by atoms with Gasteiger partial charge in [0, 0.05) is 22.4 Å². The van der Waals surface area contributed by atoms with Crippen molar-refractivity contribution < 1.29 is 0 Å². The molecular formula is C14H23N3S2. The molecule has 1 aliphatic rings. The fourth-order valence-electron chi connectivity index (χ4n) is 2.12. The summed E-state index contributed by atoms with van der Waals surface area (Å²) in [5.41, 5.74) is 0.251. The van der Waals surface area contributed by atoms with E-state index in [0.717, 1.165) is 35.2 Å². The molecule has 1 unspecified atom stereocenters. The summed E-state index contributed by atoms with van der Waals surface area (Å²) < 4.78 is 0. The van der Waals surface area contributed by atoms with Gasteiger partial charge in [0.25, 0.3) is 0 Å². The number of amidine groups is 1. The molecule has 1 atom stereocenters. The first-order chi connectivity index (χ1) is 9.12. The van der Waals surface area contributed by atoms with E-state index in [4.69, 9.17) is 4.99 Å². The normalized spacial score (nSPS) is 21.6. The predicted octanol–water partition coefficient (Wildman–Crippen LogP) is 4.02. The molecule has 0 bridgehead atoms. The van der Waals surface area contributed by atoms with Crippen LogP contribution >= 0.6 is 23.1 Å². The zero-order valence-corrected chi connectivity index (χ0v) is 13.8. The van der Waals surface area contributed by atoms with Gasteiger partial charge in [-0.3, -0.25) is 4.99 Å². The van der Waals surface area contributed by atoms with Gasteiger partial charge in [-0.25, -0.2) is 4.98 Å². The van der Waals surface area contributed by atoms with Crippen LogP contribution in [0.2, 0.25) is 0 Å². The van der Waals surface area contributed by atoms with Crippen molar-refractivity contribution in [3.63, 3.8) is 0 Å². The zero-order valence-electron chi connectivity index (χ0n) is 12.2. The van der Waals surface area contributed by atoms with Crippen molar-refractivity contribution in [2.24, 2.45) is 4.99 Å². The fourth-order valence-corrected chi connectivity index (χ4v) is 4.38. The Hall–Kier alpha value is -0.550. The van der Waals surface area contributed by atoms with E-state index in [-0.39, 0.29) is 11.6 Å². The fraction of sp³-hybridized carbons (Fsp3) is 0.714. The maximum Gasteiger partial charge on any atom is 0.157 e. The van der Waals surface area contributed by atoms with Crippen molar-refractivity contribution in [1.29, 1.82) is 0 Å². The van der Waals surface area contributed by atoms with E-state index in [2.05, 4.69) is 38.0 Å². The lowest BCUT2D eigenvalue weighted by atomic mass is 9.96. The molecule has 1 aliphatic heterocycles. The number of hydrogen-bond donors (Lipinski definition) is 1. The molecule has 5 heteroatoms. The van der Waals surface area contributed by atoms with Crippen molar-refractivity contribution in [1.82, 2.24) is 10.3 Å². The van der Waals surface area contributed by atoms with Crippen LogP contribution in [0, 0.1) is 0 Å². The van der Waals surface area contributed by atoms with Crippen molar-refractivity contribution >= 4 is 28.3 Å². The minimum Gasteiger partial charge on any atom is -0.359 e. The van der Waals surface area contributed by atoms with Crippen molar-refractivity contribution in [2.75, 3.05) is 5.75 Å². The summed E-state index contributed by atoms with van der Waals surface area (Å²) in [5, 5.41) is 5.82. The summed E-state index contributed by atoms with van der Waals surface area (Å²) in [6.07, 6.45) is 5.35. The maximum absolute atomic E-state index is 4.80. The Morgan fingerprint density at radius 3 is 2.68 bits per heavy atom. The number of thiazole rings is 1. The number of hydrogen-bond acceptors (Lipinski definition) is 4. The molecule has 0 aliphatic carbocycles. The Bertz CT molecular complexity index is 449. The highest BCUT2D eigenvalue weighted by atomic mass is 32.2. The second kappa shape index (κ2) is 6.27. The molecule has 1 aromatic heterocycles. The Labute approximate surface area is 124 Å². The van der Waals surface area contributed by atoms with Gasteiger partial charge in [0.05, 0.1) is 0 Å². The number of aryl methyl sites for hydroxylation is 1. The smallest absolute Gasteiger partial charge is 0.157 e. The van der Waals surface area contributed by atoms with E-state index in [0.29, 0.717) is 0 Å². The molecule has 1 saturated heterocycles. The summed E-state index contributed by atoms with van der Waals surface area (Å²) in [7, 11) is 0. The molecule has 1 N–H and O–H groups in total. The number of thioether (sulfide) groups is 1. The average Bonchev–Trinajstić information content (AvgIpc) is 3.05. The minimum absolute atomic E-state index is 0.157. The van der Waals surface area contributed by atoms with Crippen LogP contribution in [-0.2, 0) is 6.42 Å². The summed E-state index contributed by atoms with van der Waals surface area (Å²) in [4.78, 5) is 10.6. The summed E-state index contributed by atoms with van der Waals surface area (Å²) in [6, 6.07) is 0.157. The molecule has 0 aromatic carbocycles. The van der Waals surface area contributed by atoms with Gasteiger partial charge in [-0.1, -0.05) is 32.5 Å². The third-order valence-electron chi connectivity index (χ3n) is 3.80. The van der Waals surface area contributed by atoms with Gasteiger partial charge in [-0.15, -0.1) is 11.3 Å². The largest absolute Gasteiger partial charge is 0.359 e. The minimum atomic E-state index is 0.157. The first kappa shape index (κ1) is 14.9. The highest BCUT2D eigenvalue weighted by Gasteiger charge is 2.34. The monoisotopic (exact) mass is 297 g/mol. The quantitative estimate of drug-likeness (QED) is 0.892. The van der Waals surface area contributed by atoms with E-state index in [1.54, 1.807) is 11.3 Å². The number of nitrogens with zero attached hydrogens (tertiary/aromatic N) is 2. The zero-order chi connectivity index (χ0) is 13.9. The molecule has 106 valence electrons. The van der Waals surface area contributed by atoms with Gasteiger partial charge in [-0.05, 0) is 26.2 Å². The van der Waals surface area contributed by atoms with Crippen LogP contribution in [0.15, 0.2) is 11.2 Å². The standard InChI is InChI=1S/C14H23N3S2/c1-5-11-8-15-12(19-11)10(4)16-13-17-14(6-2,7-3)9-18-13/h8,10H,5-7,9H2,1-4H3,(H,16,17). The van der Waals surface area contributed by atoms with Gasteiger partial charge in [0.1, 0.15) is 11.0 Å². The van der Waals surface area contributed by atoms with Gasteiger partial charge in [-0.2, -0.15) is 0 Å². The van der Waals surface area contributed by atoms with E-state index in [1.807, 2.05) is 18.0 Å².